The molecule has 2 aromatic rings. The summed E-state index contributed by atoms with van der Waals surface area (Å²) in [4.78, 5) is 31.1. The van der Waals surface area contributed by atoms with E-state index in [1.165, 1.54) is 11.3 Å². The standard InChI is InChI=1S/C22H31N3O5S2/c1-4-30-11-10-25-18-8-7-16(2)12-19(18)31-22(25)23-20(26)14-32(28,29)15-21(27)24-9-5-6-17(3)13-24/h7-8,12,17H,4-6,9-11,13-15H2,1-3H3. The Morgan fingerprint density at radius 3 is 2.78 bits per heavy atom. The third-order valence-electron chi connectivity index (χ3n) is 5.42. The maximum Gasteiger partial charge on any atom is 0.263 e. The molecule has 8 nitrogen and oxygen atoms in total. The molecule has 0 N–H and O–H groups in total. The Kier molecular flexibility index (Phi) is 8.24. The van der Waals surface area contributed by atoms with Crippen molar-refractivity contribution in [3.8, 4) is 0 Å². The molecule has 2 amide bonds. The van der Waals surface area contributed by atoms with Crippen molar-refractivity contribution in [1.82, 2.24) is 9.47 Å². The summed E-state index contributed by atoms with van der Waals surface area (Å²) in [6.07, 6.45) is 1.90. The van der Waals surface area contributed by atoms with Gasteiger partial charge in [0.2, 0.25) is 5.91 Å². The van der Waals surface area contributed by atoms with Gasteiger partial charge in [0.25, 0.3) is 5.91 Å². The van der Waals surface area contributed by atoms with Gasteiger partial charge in [-0.05, 0) is 50.3 Å². The molecule has 1 aliphatic rings. The first-order valence-electron chi connectivity index (χ1n) is 10.9. The fourth-order valence-electron chi connectivity index (χ4n) is 3.86. The third kappa shape index (κ3) is 6.49. The van der Waals surface area contributed by atoms with Crippen LogP contribution in [0, 0.1) is 12.8 Å². The Morgan fingerprint density at radius 2 is 2.06 bits per heavy atom. The van der Waals surface area contributed by atoms with Crippen molar-refractivity contribution >= 4 is 43.2 Å². The van der Waals surface area contributed by atoms with Crippen LogP contribution in [-0.4, -0.2) is 67.5 Å². The first-order chi connectivity index (χ1) is 15.2. The number of benzene rings is 1. The highest BCUT2D eigenvalue weighted by molar-refractivity contribution is 7.92. The normalized spacial score (nSPS) is 17.8. The Morgan fingerprint density at radius 1 is 1.28 bits per heavy atom. The average molecular weight is 482 g/mol. The average Bonchev–Trinajstić information content (AvgIpc) is 3.03. The van der Waals surface area contributed by atoms with Gasteiger partial charge in [-0.25, -0.2) is 8.42 Å². The van der Waals surface area contributed by atoms with E-state index >= 15 is 0 Å². The van der Waals surface area contributed by atoms with Crippen LogP contribution in [0.15, 0.2) is 23.2 Å². The number of piperidine rings is 1. The monoisotopic (exact) mass is 481 g/mol. The van der Waals surface area contributed by atoms with Crippen LogP contribution in [0.4, 0.5) is 0 Å². The molecule has 32 heavy (non-hydrogen) atoms. The molecule has 1 aromatic carbocycles. The predicted molar refractivity (Wildman–Crippen MR) is 125 cm³/mol. The molecule has 1 saturated heterocycles. The summed E-state index contributed by atoms with van der Waals surface area (Å²) in [6.45, 7) is 8.61. The molecular weight excluding hydrogens is 450 g/mol. The van der Waals surface area contributed by atoms with Crippen LogP contribution in [0.3, 0.4) is 0 Å². The number of thiazole rings is 1. The van der Waals surface area contributed by atoms with E-state index in [0.717, 1.165) is 28.6 Å². The van der Waals surface area contributed by atoms with Gasteiger partial charge in [0, 0.05) is 26.2 Å². The van der Waals surface area contributed by atoms with Crippen LogP contribution in [0.5, 0.6) is 0 Å². The number of sulfone groups is 1. The summed E-state index contributed by atoms with van der Waals surface area (Å²) in [5, 5.41) is 0. The van der Waals surface area contributed by atoms with Crippen LogP contribution >= 0.6 is 11.3 Å². The van der Waals surface area contributed by atoms with Crippen LogP contribution in [0.25, 0.3) is 10.2 Å². The first-order valence-corrected chi connectivity index (χ1v) is 13.6. The minimum Gasteiger partial charge on any atom is -0.380 e. The molecule has 1 fully saturated rings. The predicted octanol–water partition coefficient (Wildman–Crippen LogP) is 2.15. The van der Waals surface area contributed by atoms with Crippen LogP contribution < -0.4 is 4.80 Å². The number of nitrogens with zero attached hydrogens (tertiary/aromatic N) is 3. The molecule has 1 atom stereocenters. The van der Waals surface area contributed by atoms with Crippen LogP contribution in [0.2, 0.25) is 0 Å². The lowest BCUT2D eigenvalue weighted by Crippen LogP contribution is -2.42. The molecule has 2 heterocycles. The fraction of sp³-hybridized carbons (Fsp3) is 0.591. The van der Waals surface area contributed by atoms with Crippen molar-refractivity contribution in [3.05, 3.63) is 28.6 Å². The molecular formula is C22H31N3O5S2. The zero-order valence-electron chi connectivity index (χ0n) is 18.9. The highest BCUT2D eigenvalue weighted by atomic mass is 32.2. The molecule has 0 aliphatic carbocycles. The molecule has 0 radical (unpaired) electrons. The summed E-state index contributed by atoms with van der Waals surface area (Å²) in [6, 6.07) is 5.96. The van der Waals surface area contributed by atoms with Crippen LogP contribution in [0.1, 0.15) is 32.3 Å². The smallest absolute Gasteiger partial charge is 0.263 e. The summed E-state index contributed by atoms with van der Waals surface area (Å²) in [5.41, 5.74) is 2.01. The van der Waals surface area contributed by atoms with Crippen molar-refractivity contribution in [2.75, 3.05) is 37.8 Å². The number of ether oxygens (including phenoxy) is 1. The highest BCUT2D eigenvalue weighted by Gasteiger charge is 2.27. The highest BCUT2D eigenvalue weighted by Crippen LogP contribution is 2.19. The summed E-state index contributed by atoms with van der Waals surface area (Å²) in [7, 11) is -3.90. The quantitative estimate of drug-likeness (QED) is 0.538. The van der Waals surface area contributed by atoms with Gasteiger partial charge in [-0.1, -0.05) is 24.3 Å². The van der Waals surface area contributed by atoms with Gasteiger partial charge >= 0.3 is 0 Å². The molecule has 1 unspecified atom stereocenters. The summed E-state index contributed by atoms with van der Waals surface area (Å²) in [5.74, 6) is -2.28. The van der Waals surface area contributed by atoms with Crippen molar-refractivity contribution < 1.29 is 22.7 Å². The topological polar surface area (TPSA) is 98.0 Å². The van der Waals surface area contributed by atoms with Gasteiger partial charge in [-0.3, -0.25) is 9.59 Å². The number of hydrogen-bond donors (Lipinski definition) is 0. The molecule has 10 heteroatoms. The Labute approximate surface area is 192 Å². The number of amides is 2. The zero-order valence-corrected chi connectivity index (χ0v) is 20.5. The number of carbonyl (C=O) groups excluding carboxylic acids is 2. The van der Waals surface area contributed by atoms with Crippen molar-refractivity contribution in [3.63, 3.8) is 0 Å². The first kappa shape index (κ1) is 24.6. The van der Waals surface area contributed by atoms with Crippen LogP contribution in [-0.2, 0) is 30.7 Å². The molecule has 0 saturated carbocycles. The van der Waals surface area contributed by atoms with Gasteiger partial charge in [-0.15, -0.1) is 0 Å². The van der Waals surface area contributed by atoms with Crippen molar-refractivity contribution in [2.24, 2.45) is 10.9 Å². The Bertz CT molecular complexity index is 1150. The molecule has 3 rings (SSSR count). The van der Waals surface area contributed by atoms with E-state index in [1.807, 2.05) is 43.5 Å². The lowest BCUT2D eigenvalue weighted by molar-refractivity contribution is -0.130. The fourth-order valence-corrected chi connectivity index (χ4v) is 6.13. The van der Waals surface area contributed by atoms with E-state index < -0.39 is 33.2 Å². The van der Waals surface area contributed by atoms with Gasteiger partial charge in [-0.2, -0.15) is 4.99 Å². The number of carbonyl (C=O) groups is 2. The van der Waals surface area contributed by atoms with E-state index in [9.17, 15) is 18.0 Å². The van der Waals surface area contributed by atoms with E-state index in [2.05, 4.69) is 4.99 Å². The van der Waals surface area contributed by atoms with Crippen molar-refractivity contribution in [1.29, 1.82) is 0 Å². The van der Waals surface area contributed by atoms with Gasteiger partial charge < -0.3 is 14.2 Å². The lowest BCUT2D eigenvalue weighted by atomic mass is 10.0. The summed E-state index contributed by atoms with van der Waals surface area (Å²) < 4.78 is 33.3. The number of hydrogen-bond acceptors (Lipinski definition) is 6. The lowest BCUT2D eigenvalue weighted by Gasteiger charge is -2.30. The second-order valence-corrected chi connectivity index (χ2v) is 11.4. The SMILES string of the molecule is CCOCCn1c(=NC(=O)CS(=O)(=O)CC(=O)N2CCCC(C)C2)sc2cc(C)ccc21. The summed E-state index contributed by atoms with van der Waals surface area (Å²) >= 11 is 1.34. The molecule has 1 aliphatic heterocycles. The van der Waals surface area contributed by atoms with Gasteiger partial charge in [0.05, 0.1) is 16.8 Å². The third-order valence-corrected chi connectivity index (χ3v) is 7.83. The maximum atomic E-state index is 12.6. The second-order valence-electron chi connectivity index (χ2n) is 8.33. The number of likely N-dealkylation sites (tertiary alicyclic amines) is 1. The van der Waals surface area contributed by atoms with E-state index in [1.54, 1.807) is 4.90 Å². The Balaban J connectivity index is 1.77. The largest absolute Gasteiger partial charge is 0.380 e. The van der Waals surface area contributed by atoms with E-state index in [0.29, 0.717) is 43.6 Å². The molecule has 0 spiro atoms. The number of fused-ring (bicyclic) bond motifs is 1. The molecule has 0 bridgehead atoms. The number of rotatable bonds is 8. The number of aromatic nitrogens is 1. The minimum atomic E-state index is -3.90. The molecule has 176 valence electrons. The van der Waals surface area contributed by atoms with E-state index in [4.69, 9.17) is 4.74 Å². The second kappa shape index (κ2) is 10.7. The van der Waals surface area contributed by atoms with Gasteiger partial charge in [0.15, 0.2) is 14.6 Å². The minimum absolute atomic E-state index is 0.357. The van der Waals surface area contributed by atoms with Gasteiger partial charge in [0.1, 0.15) is 11.5 Å². The molecule has 1 aromatic heterocycles. The van der Waals surface area contributed by atoms with E-state index in [-0.39, 0.29) is 0 Å². The maximum absolute atomic E-state index is 12.6. The zero-order chi connectivity index (χ0) is 23.3. The number of aryl methyl sites for hydroxylation is 1. The van der Waals surface area contributed by atoms with Crippen molar-refractivity contribution in [2.45, 2.75) is 40.2 Å². The Hall–Kier alpha value is -2.04.